The lowest BCUT2D eigenvalue weighted by atomic mass is 10.0. The van der Waals surface area contributed by atoms with Gasteiger partial charge in [0.05, 0.1) is 25.1 Å². The fourth-order valence-electron chi connectivity index (χ4n) is 5.19. The monoisotopic (exact) mass is 400 g/mol. The Bertz CT molecular complexity index is 783. The quantitative estimate of drug-likeness (QED) is 0.704. The minimum absolute atomic E-state index is 0.0371. The van der Waals surface area contributed by atoms with Gasteiger partial charge in [-0.15, -0.1) is 0 Å². The van der Waals surface area contributed by atoms with Crippen LogP contribution < -0.4 is 0 Å². The first-order valence-electron chi connectivity index (χ1n) is 10.3. The van der Waals surface area contributed by atoms with E-state index in [1.807, 2.05) is 40.1 Å². The summed E-state index contributed by atoms with van der Waals surface area (Å²) in [7, 11) is 2.95. The zero-order valence-electron chi connectivity index (χ0n) is 17.0. The zero-order chi connectivity index (χ0) is 20.5. The molecule has 7 nitrogen and oxygen atoms in total. The SMILES string of the molecule is COC(=O)[C@H]1CC[C@@H](C(=O)N2C[C@@H]3C[C@H]2CN3C(=O)[C@@H](OC)c2ccccc2)C1. The highest BCUT2D eigenvalue weighted by atomic mass is 16.5. The number of fused-ring (bicyclic) bond motifs is 2. The summed E-state index contributed by atoms with van der Waals surface area (Å²) in [4.78, 5) is 41.7. The van der Waals surface area contributed by atoms with Crippen LogP contribution in [0.4, 0.5) is 0 Å². The van der Waals surface area contributed by atoms with Gasteiger partial charge in [-0.1, -0.05) is 30.3 Å². The van der Waals surface area contributed by atoms with E-state index in [9.17, 15) is 14.4 Å². The maximum absolute atomic E-state index is 13.1. The van der Waals surface area contributed by atoms with Gasteiger partial charge in [-0.2, -0.15) is 0 Å². The molecule has 156 valence electrons. The number of carbonyl (C=O) groups excluding carboxylic acids is 3. The normalized spacial score (nSPS) is 29.2. The summed E-state index contributed by atoms with van der Waals surface area (Å²) in [6.07, 6.45) is 2.21. The van der Waals surface area contributed by atoms with Crippen molar-refractivity contribution in [1.82, 2.24) is 9.80 Å². The molecule has 2 aliphatic heterocycles. The molecular weight excluding hydrogens is 372 g/mol. The number of amides is 2. The summed E-state index contributed by atoms with van der Waals surface area (Å²) in [5, 5.41) is 0. The molecule has 7 heteroatoms. The van der Waals surface area contributed by atoms with E-state index >= 15 is 0 Å². The molecule has 0 radical (unpaired) electrons. The van der Waals surface area contributed by atoms with Gasteiger partial charge in [0.25, 0.3) is 5.91 Å². The second kappa shape index (κ2) is 8.14. The molecule has 3 aliphatic rings. The molecule has 2 heterocycles. The molecule has 0 aromatic heterocycles. The van der Waals surface area contributed by atoms with Crippen molar-refractivity contribution in [2.75, 3.05) is 27.3 Å². The van der Waals surface area contributed by atoms with E-state index < -0.39 is 6.10 Å². The first kappa shape index (κ1) is 19.9. The Morgan fingerprint density at radius 2 is 1.59 bits per heavy atom. The van der Waals surface area contributed by atoms with Crippen LogP contribution in [-0.4, -0.2) is 67.0 Å². The third-order valence-corrected chi connectivity index (χ3v) is 6.69. The molecule has 2 saturated heterocycles. The summed E-state index contributed by atoms with van der Waals surface area (Å²) in [5.74, 6) is -0.405. The minimum atomic E-state index is -0.615. The fraction of sp³-hybridized carbons (Fsp3) is 0.591. The van der Waals surface area contributed by atoms with E-state index in [-0.39, 0.29) is 41.7 Å². The first-order chi connectivity index (χ1) is 14.0. The van der Waals surface area contributed by atoms with Gasteiger partial charge in [-0.3, -0.25) is 14.4 Å². The van der Waals surface area contributed by atoms with Gasteiger partial charge in [0.2, 0.25) is 5.91 Å². The Morgan fingerprint density at radius 1 is 0.931 bits per heavy atom. The van der Waals surface area contributed by atoms with E-state index in [1.165, 1.54) is 7.11 Å². The molecule has 4 rings (SSSR count). The maximum Gasteiger partial charge on any atom is 0.308 e. The van der Waals surface area contributed by atoms with Crippen LogP contribution in [0.5, 0.6) is 0 Å². The highest BCUT2D eigenvalue weighted by molar-refractivity contribution is 5.85. The van der Waals surface area contributed by atoms with Gasteiger partial charge in [0.1, 0.15) is 0 Å². The van der Waals surface area contributed by atoms with E-state index in [0.29, 0.717) is 25.9 Å². The second-order valence-electron chi connectivity index (χ2n) is 8.28. The van der Waals surface area contributed by atoms with Crippen molar-refractivity contribution in [2.45, 2.75) is 43.9 Å². The van der Waals surface area contributed by atoms with Crippen molar-refractivity contribution in [2.24, 2.45) is 11.8 Å². The lowest BCUT2D eigenvalue weighted by Gasteiger charge is -2.36. The van der Waals surface area contributed by atoms with Crippen molar-refractivity contribution in [3.63, 3.8) is 0 Å². The molecule has 0 spiro atoms. The maximum atomic E-state index is 13.1. The van der Waals surface area contributed by atoms with E-state index in [2.05, 4.69) is 0 Å². The third-order valence-electron chi connectivity index (χ3n) is 6.69. The summed E-state index contributed by atoms with van der Waals surface area (Å²) in [5.41, 5.74) is 0.843. The summed E-state index contributed by atoms with van der Waals surface area (Å²) >= 11 is 0. The standard InChI is InChI=1S/C22H28N2O5/c1-28-19(14-6-4-3-5-7-14)21(26)24-13-17-11-18(24)12-23(17)20(25)15-8-9-16(10-15)22(27)29-2/h3-7,15-19H,8-13H2,1-2H3/t15-,16+,17+,18+,19+/m1/s1. The van der Waals surface area contributed by atoms with Crippen molar-refractivity contribution in [3.8, 4) is 0 Å². The Morgan fingerprint density at radius 3 is 2.21 bits per heavy atom. The molecule has 3 fully saturated rings. The van der Waals surface area contributed by atoms with Crippen LogP contribution in [0.15, 0.2) is 30.3 Å². The highest BCUT2D eigenvalue weighted by Crippen LogP contribution is 2.38. The number of likely N-dealkylation sites (tertiary alicyclic amines) is 2. The number of rotatable bonds is 5. The molecule has 1 aromatic rings. The van der Waals surface area contributed by atoms with Gasteiger partial charge in [-0.05, 0) is 31.2 Å². The molecule has 5 atom stereocenters. The fourth-order valence-corrected chi connectivity index (χ4v) is 5.19. The van der Waals surface area contributed by atoms with Gasteiger partial charge in [-0.25, -0.2) is 0 Å². The zero-order valence-corrected chi connectivity index (χ0v) is 17.0. The Balaban J connectivity index is 1.38. The molecule has 1 aliphatic carbocycles. The van der Waals surface area contributed by atoms with E-state index in [1.54, 1.807) is 7.11 Å². The largest absolute Gasteiger partial charge is 0.469 e. The second-order valence-corrected chi connectivity index (χ2v) is 8.28. The minimum Gasteiger partial charge on any atom is -0.469 e. The smallest absolute Gasteiger partial charge is 0.308 e. The molecule has 1 aromatic carbocycles. The lowest BCUT2D eigenvalue weighted by molar-refractivity contribution is -0.149. The average Bonchev–Trinajstić information content (AvgIpc) is 3.49. The van der Waals surface area contributed by atoms with Crippen molar-refractivity contribution >= 4 is 17.8 Å². The molecule has 0 N–H and O–H groups in total. The number of nitrogens with zero attached hydrogens (tertiary/aromatic N) is 2. The van der Waals surface area contributed by atoms with Crippen molar-refractivity contribution < 1.29 is 23.9 Å². The van der Waals surface area contributed by atoms with Crippen LogP contribution >= 0.6 is 0 Å². The van der Waals surface area contributed by atoms with Crippen molar-refractivity contribution in [3.05, 3.63) is 35.9 Å². The summed E-state index contributed by atoms with van der Waals surface area (Å²) in [6, 6.07) is 9.60. The number of methoxy groups -OCH3 is 2. The van der Waals surface area contributed by atoms with Crippen LogP contribution in [-0.2, 0) is 23.9 Å². The molecule has 2 bridgehead atoms. The van der Waals surface area contributed by atoms with Crippen molar-refractivity contribution in [1.29, 1.82) is 0 Å². The highest BCUT2D eigenvalue weighted by Gasteiger charge is 2.50. The number of hydrogen-bond donors (Lipinski definition) is 0. The van der Waals surface area contributed by atoms with Crippen LogP contribution in [0.3, 0.4) is 0 Å². The topological polar surface area (TPSA) is 76.2 Å². The summed E-state index contributed by atoms with van der Waals surface area (Å²) in [6.45, 7) is 1.12. The number of ether oxygens (including phenoxy) is 2. The predicted octanol–water partition coefficient (Wildman–Crippen LogP) is 1.78. The molecule has 2 amide bonds. The number of benzene rings is 1. The van der Waals surface area contributed by atoms with Gasteiger partial charge < -0.3 is 19.3 Å². The molecule has 0 unspecified atom stereocenters. The van der Waals surface area contributed by atoms with Crippen LogP contribution in [0.2, 0.25) is 0 Å². The van der Waals surface area contributed by atoms with Gasteiger partial charge in [0.15, 0.2) is 6.10 Å². The van der Waals surface area contributed by atoms with Crippen LogP contribution in [0.1, 0.15) is 37.4 Å². The number of hydrogen-bond acceptors (Lipinski definition) is 5. The predicted molar refractivity (Wildman–Crippen MR) is 105 cm³/mol. The average molecular weight is 400 g/mol. The van der Waals surface area contributed by atoms with Gasteiger partial charge in [0, 0.05) is 26.1 Å². The van der Waals surface area contributed by atoms with E-state index in [0.717, 1.165) is 18.4 Å². The third kappa shape index (κ3) is 3.64. The summed E-state index contributed by atoms with van der Waals surface area (Å²) < 4.78 is 10.3. The van der Waals surface area contributed by atoms with Crippen LogP contribution in [0, 0.1) is 11.8 Å². The van der Waals surface area contributed by atoms with Crippen LogP contribution in [0.25, 0.3) is 0 Å². The number of piperazine rings is 1. The first-order valence-corrected chi connectivity index (χ1v) is 10.3. The number of esters is 1. The Hall–Kier alpha value is -2.41. The Kier molecular flexibility index (Phi) is 5.58. The Labute approximate surface area is 170 Å². The number of carbonyl (C=O) groups is 3. The van der Waals surface area contributed by atoms with Gasteiger partial charge >= 0.3 is 5.97 Å². The van der Waals surface area contributed by atoms with E-state index in [4.69, 9.17) is 9.47 Å². The molecule has 29 heavy (non-hydrogen) atoms. The lowest BCUT2D eigenvalue weighted by Crippen LogP contribution is -2.52. The molecule has 1 saturated carbocycles. The molecular formula is C22H28N2O5.